The van der Waals surface area contributed by atoms with Crippen molar-refractivity contribution < 1.29 is 0 Å². The summed E-state index contributed by atoms with van der Waals surface area (Å²) in [6.07, 6.45) is 4.97. The summed E-state index contributed by atoms with van der Waals surface area (Å²) in [4.78, 5) is 13.9. The molecule has 1 aromatic carbocycles. The molecule has 1 aromatic heterocycles. The Bertz CT molecular complexity index is 836. The largest absolute Gasteiger partial charge is 0.363 e. The Hall–Kier alpha value is -2.60. The first-order chi connectivity index (χ1) is 14.6. The van der Waals surface area contributed by atoms with Gasteiger partial charge in [0.2, 0.25) is 0 Å². The molecule has 2 fully saturated rings. The smallest absolute Gasteiger partial charge is 0.191 e. The number of piperidine rings is 1. The van der Waals surface area contributed by atoms with Crippen LogP contribution in [0, 0.1) is 0 Å². The number of hydrogen-bond acceptors (Lipinski definition) is 4. The van der Waals surface area contributed by atoms with Gasteiger partial charge in [-0.05, 0) is 43.4 Å². The van der Waals surface area contributed by atoms with Crippen LogP contribution in [0.5, 0.6) is 0 Å². The van der Waals surface area contributed by atoms with Gasteiger partial charge in [0.05, 0.1) is 12.2 Å². The van der Waals surface area contributed by atoms with Gasteiger partial charge in [0, 0.05) is 45.8 Å². The Morgan fingerprint density at radius 1 is 1.07 bits per heavy atom. The fourth-order valence-electron chi connectivity index (χ4n) is 4.82. The second kappa shape index (κ2) is 9.47. The lowest BCUT2D eigenvalue weighted by Gasteiger charge is -2.39. The number of hydrogen-bond donors (Lipinski definition) is 2. The highest BCUT2D eigenvalue weighted by Gasteiger charge is 2.40. The predicted molar refractivity (Wildman–Crippen MR) is 124 cm³/mol. The maximum Gasteiger partial charge on any atom is 0.191 e. The van der Waals surface area contributed by atoms with Gasteiger partial charge >= 0.3 is 0 Å². The normalized spacial score (nSPS) is 24.0. The molecular formula is C24H34N6. The van der Waals surface area contributed by atoms with Crippen LogP contribution in [0.25, 0.3) is 0 Å². The topological polar surface area (TPSA) is 55.8 Å². The van der Waals surface area contributed by atoms with Crippen LogP contribution in [0.15, 0.2) is 53.5 Å². The van der Waals surface area contributed by atoms with Gasteiger partial charge in [0.15, 0.2) is 5.96 Å². The highest BCUT2D eigenvalue weighted by Crippen LogP contribution is 2.36. The molecule has 2 N–H and O–H groups in total. The molecule has 0 aliphatic carbocycles. The number of aliphatic imine (C=N–C) groups is 1. The fourth-order valence-corrected chi connectivity index (χ4v) is 4.82. The molecule has 30 heavy (non-hydrogen) atoms. The van der Waals surface area contributed by atoms with Gasteiger partial charge in [-0.1, -0.05) is 36.4 Å². The number of rotatable bonds is 6. The van der Waals surface area contributed by atoms with E-state index in [1.54, 1.807) is 0 Å². The molecule has 0 saturated carbocycles. The van der Waals surface area contributed by atoms with Gasteiger partial charge in [-0.15, -0.1) is 0 Å². The molecule has 2 aliphatic heterocycles. The molecule has 2 saturated heterocycles. The van der Waals surface area contributed by atoms with E-state index in [1.165, 1.54) is 31.2 Å². The molecule has 6 heteroatoms. The highest BCUT2D eigenvalue weighted by atomic mass is 15.3. The third kappa shape index (κ3) is 4.93. The Morgan fingerprint density at radius 3 is 2.47 bits per heavy atom. The molecule has 3 heterocycles. The minimum atomic E-state index is 0.474. The molecular weight excluding hydrogens is 372 g/mol. The van der Waals surface area contributed by atoms with E-state index < -0.39 is 0 Å². The number of fused-ring (bicyclic) bond motifs is 2. The molecule has 2 bridgehead atoms. The summed E-state index contributed by atoms with van der Waals surface area (Å²) in [5.74, 6) is 1.84. The van der Waals surface area contributed by atoms with Crippen molar-refractivity contribution >= 4 is 11.8 Å². The Kier molecular flexibility index (Phi) is 6.53. The molecule has 2 aliphatic rings. The van der Waals surface area contributed by atoms with Crippen molar-refractivity contribution in [2.75, 3.05) is 26.0 Å². The van der Waals surface area contributed by atoms with Gasteiger partial charge in [-0.3, -0.25) is 9.89 Å². The van der Waals surface area contributed by atoms with Crippen molar-refractivity contribution in [1.82, 2.24) is 20.5 Å². The Balaban J connectivity index is 1.31. The monoisotopic (exact) mass is 406 g/mol. The first kappa shape index (κ1) is 20.7. The Morgan fingerprint density at radius 2 is 1.80 bits per heavy atom. The highest BCUT2D eigenvalue weighted by molar-refractivity contribution is 5.79. The lowest BCUT2D eigenvalue weighted by Crippen LogP contribution is -2.52. The van der Waals surface area contributed by atoms with Crippen molar-refractivity contribution in [3.05, 3.63) is 59.8 Å². The van der Waals surface area contributed by atoms with Crippen LogP contribution in [-0.2, 0) is 13.1 Å². The number of aromatic nitrogens is 1. The number of nitrogens with zero attached hydrogens (tertiary/aromatic N) is 4. The summed E-state index contributed by atoms with van der Waals surface area (Å²) in [5.41, 5.74) is 2.44. The van der Waals surface area contributed by atoms with E-state index in [0.29, 0.717) is 24.7 Å². The molecule has 160 valence electrons. The molecule has 6 nitrogen and oxygen atoms in total. The van der Waals surface area contributed by atoms with E-state index in [2.05, 4.69) is 68.0 Å². The van der Waals surface area contributed by atoms with E-state index in [0.717, 1.165) is 24.0 Å². The quantitative estimate of drug-likeness (QED) is 0.571. The third-order valence-corrected chi connectivity index (χ3v) is 6.34. The molecule has 0 spiro atoms. The standard InChI is InChI=1S/C24H34N6/c1-25-24(26-16-19-10-7-11-23(27-19)29(2)3)28-20-14-21-12-13-22(15-20)30(21)17-18-8-5-4-6-9-18/h4-11,20-22H,12-17H2,1-3H3,(H2,25,26,28). The number of pyridine rings is 1. The van der Waals surface area contributed by atoms with Crippen LogP contribution in [0.4, 0.5) is 5.82 Å². The van der Waals surface area contributed by atoms with Crippen LogP contribution in [0.2, 0.25) is 0 Å². The first-order valence-electron chi connectivity index (χ1n) is 11.0. The second-order valence-electron chi connectivity index (χ2n) is 8.66. The summed E-state index contributed by atoms with van der Waals surface area (Å²) in [6.45, 7) is 1.74. The zero-order chi connectivity index (χ0) is 20.9. The summed E-state index contributed by atoms with van der Waals surface area (Å²) in [5, 5.41) is 7.12. The summed E-state index contributed by atoms with van der Waals surface area (Å²) in [7, 11) is 5.87. The average Bonchev–Trinajstić information content (AvgIpc) is 2.99. The molecule has 0 radical (unpaired) electrons. The lowest BCUT2D eigenvalue weighted by molar-refractivity contribution is 0.114. The van der Waals surface area contributed by atoms with E-state index in [1.807, 2.05) is 32.1 Å². The predicted octanol–water partition coefficient (Wildman–Crippen LogP) is 3.01. The Labute approximate surface area is 180 Å². The molecule has 0 amide bonds. The first-order valence-corrected chi connectivity index (χ1v) is 11.0. The van der Waals surface area contributed by atoms with Crippen LogP contribution in [0.3, 0.4) is 0 Å². The molecule has 2 unspecified atom stereocenters. The van der Waals surface area contributed by atoms with Gasteiger partial charge in [0.1, 0.15) is 5.82 Å². The SMILES string of the molecule is CN=C(NCc1cccc(N(C)C)n1)NC1CC2CCC(C1)N2Cc1ccccc1. The molecule has 4 rings (SSSR count). The number of guanidine groups is 1. The van der Waals surface area contributed by atoms with Crippen molar-refractivity contribution in [1.29, 1.82) is 0 Å². The van der Waals surface area contributed by atoms with Crippen molar-refractivity contribution in [3.63, 3.8) is 0 Å². The minimum Gasteiger partial charge on any atom is -0.363 e. The average molecular weight is 407 g/mol. The van der Waals surface area contributed by atoms with E-state index in [-0.39, 0.29) is 0 Å². The zero-order valence-electron chi connectivity index (χ0n) is 18.4. The number of nitrogens with one attached hydrogen (secondary N) is 2. The van der Waals surface area contributed by atoms with Crippen LogP contribution >= 0.6 is 0 Å². The molecule has 2 aromatic rings. The minimum absolute atomic E-state index is 0.474. The summed E-state index contributed by atoms with van der Waals surface area (Å²) >= 11 is 0. The maximum atomic E-state index is 4.68. The van der Waals surface area contributed by atoms with E-state index in [9.17, 15) is 0 Å². The lowest BCUT2D eigenvalue weighted by atomic mass is 9.96. The summed E-state index contributed by atoms with van der Waals surface area (Å²) < 4.78 is 0. The van der Waals surface area contributed by atoms with Gasteiger partial charge in [0.25, 0.3) is 0 Å². The summed E-state index contributed by atoms with van der Waals surface area (Å²) in [6, 6.07) is 18.8. The molecule has 2 atom stereocenters. The van der Waals surface area contributed by atoms with E-state index >= 15 is 0 Å². The van der Waals surface area contributed by atoms with Gasteiger partial charge in [-0.2, -0.15) is 0 Å². The van der Waals surface area contributed by atoms with Crippen LogP contribution in [0.1, 0.15) is 36.9 Å². The van der Waals surface area contributed by atoms with Gasteiger partial charge < -0.3 is 15.5 Å². The van der Waals surface area contributed by atoms with Crippen molar-refractivity contribution in [2.24, 2.45) is 4.99 Å². The fraction of sp³-hybridized carbons (Fsp3) is 0.500. The van der Waals surface area contributed by atoms with Crippen LogP contribution in [-0.4, -0.2) is 55.1 Å². The number of benzene rings is 1. The van der Waals surface area contributed by atoms with E-state index in [4.69, 9.17) is 0 Å². The number of anilines is 1. The second-order valence-corrected chi connectivity index (χ2v) is 8.66. The van der Waals surface area contributed by atoms with Crippen molar-refractivity contribution in [3.8, 4) is 0 Å². The van der Waals surface area contributed by atoms with Crippen LogP contribution < -0.4 is 15.5 Å². The maximum absolute atomic E-state index is 4.68. The van der Waals surface area contributed by atoms with Crippen molar-refractivity contribution in [2.45, 2.75) is 56.9 Å². The zero-order valence-corrected chi connectivity index (χ0v) is 18.4. The third-order valence-electron chi connectivity index (χ3n) is 6.34. The van der Waals surface area contributed by atoms with Gasteiger partial charge in [-0.25, -0.2) is 4.98 Å².